The Bertz CT molecular complexity index is 467. The molecule has 4 nitrogen and oxygen atoms in total. The van der Waals surface area contributed by atoms with Crippen LogP contribution in [0.5, 0.6) is 5.75 Å². The molecule has 0 radical (unpaired) electrons. The van der Waals surface area contributed by atoms with Crippen molar-refractivity contribution in [3.05, 3.63) is 35.4 Å². The Morgan fingerprint density at radius 3 is 2.35 bits per heavy atom. The molecule has 0 aliphatic carbocycles. The van der Waals surface area contributed by atoms with E-state index in [0.29, 0.717) is 0 Å². The summed E-state index contributed by atoms with van der Waals surface area (Å²) in [5.74, 6) is 0.433. The van der Waals surface area contributed by atoms with Crippen molar-refractivity contribution in [2.24, 2.45) is 0 Å². The molecule has 0 spiro atoms. The summed E-state index contributed by atoms with van der Waals surface area (Å²) in [5.41, 5.74) is 0.901. The Hall–Kier alpha value is -2.28. The van der Waals surface area contributed by atoms with Gasteiger partial charge in [0.1, 0.15) is 17.4 Å². The number of benzene rings is 1. The highest BCUT2D eigenvalue weighted by molar-refractivity contribution is 6.01. The van der Waals surface area contributed by atoms with Gasteiger partial charge in [-0.25, -0.2) is 0 Å². The van der Waals surface area contributed by atoms with Crippen molar-refractivity contribution in [1.82, 2.24) is 4.90 Å². The van der Waals surface area contributed by atoms with E-state index in [1.165, 1.54) is 4.90 Å². The van der Waals surface area contributed by atoms with E-state index in [9.17, 15) is 4.79 Å². The first-order valence-corrected chi connectivity index (χ1v) is 5.06. The number of methoxy groups -OCH3 is 1. The van der Waals surface area contributed by atoms with Crippen LogP contribution >= 0.6 is 0 Å². The van der Waals surface area contributed by atoms with E-state index >= 15 is 0 Å². The molecular weight excluding hydrogens is 216 g/mol. The molecule has 0 aliphatic rings. The van der Waals surface area contributed by atoms with Gasteiger partial charge in [-0.2, -0.15) is 5.26 Å². The second-order valence-electron chi connectivity index (χ2n) is 3.64. The molecule has 0 saturated carbocycles. The monoisotopic (exact) mass is 230 g/mol. The van der Waals surface area contributed by atoms with Crippen molar-refractivity contribution in [3.63, 3.8) is 0 Å². The standard InChI is InChI=1S/C13H14N2O2/c1-15(2)13(16)11(9-14)8-10-4-6-12(17-3)7-5-10/h4-8H,1-3H3. The highest BCUT2D eigenvalue weighted by atomic mass is 16.5. The molecule has 0 aromatic heterocycles. The van der Waals surface area contributed by atoms with Crippen LogP contribution in [-0.2, 0) is 4.79 Å². The fourth-order valence-corrected chi connectivity index (χ4v) is 1.25. The van der Waals surface area contributed by atoms with Crippen molar-refractivity contribution in [3.8, 4) is 11.8 Å². The number of hydrogen-bond acceptors (Lipinski definition) is 3. The van der Waals surface area contributed by atoms with Gasteiger partial charge in [0.15, 0.2) is 0 Å². The van der Waals surface area contributed by atoms with E-state index in [2.05, 4.69) is 0 Å². The summed E-state index contributed by atoms with van der Waals surface area (Å²) in [5, 5.41) is 8.92. The molecule has 0 heterocycles. The summed E-state index contributed by atoms with van der Waals surface area (Å²) >= 11 is 0. The van der Waals surface area contributed by atoms with Crippen molar-refractivity contribution in [2.75, 3.05) is 21.2 Å². The minimum atomic E-state index is -0.302. The number of carbonyl (C=O) groups excluding carboxylic acids is 1. The molecule has 1 aromatic rings. The molecule has 4 heteroatoms. The Kier molecular flexibility index (Phi) is 4.29. The second-order valence-corrected chi connectivity index (χ2v) is 3.64. The van der Waals surface area contributed by atoms with Gasteiger partial charge < -0.3 is 9.64 Å². The van der Waals surface area contributed by atoms with Gasteiger partial charge in [0, 0.05) is 14.1 Å². The lowest BCUT2D eigenvalue weighted by molar-refractivity contribution is -0.124. The zero-order valence-corrected chi connectivity index (χ0v) is 10.1. The number of amides is 1. The van der Waals surface area contributed by atoms with E-state index < -0.39 is 0 Å². The van der Waals surface area contributed by atoms with Crippen LogP contribution in [0.4, 0.5) is 0 Å². The third-order valence-electron chi connectivity index (χ3n) is 2.18. The number of hydrogen-bond donors (Lipinski definition) is 0. The smallest absolute Gasteiger partial charge is 0.264 e. The first-order valence-electron chi connectivity index (χ1n) is 5.06. The van der Waals surface area contributed by atoms with Crippen LogP contribution in [-0.4, -0.2) is 32.0 Å². The van der Waals surface area contributed by atoms with Gasteiger partial charge in [0.2, 0.25) is 0 Å². The SMILES string of the molecule is COc1ccc(C=C(C#N)C(=O)N(C)C)cc1. The average Bonchev–Trinajstić information content (AvgIpc) is 2.35. The lowest BCUT2D eigenvalue weighted by atomic mass is 10.1. The van der Waals surface area contributed by atoms with Gasteiger partial charge in [-0.3, -0.25) is 4.79 Å². The molecule has 1 amide bonds. The van der Waals surface area contributed by atoms with Gasteiger partial charge in [0.05, 0.1) is 7.11 Å². The number of nitrogens with zero attached hydrogens (tertiary/aromatic N) is 2. The Morgan fingerprint density at radius 2 is 1.94 bits per heavy atom. The second kappa shape index (κ2) is 5.71. The van der Waals surface area contributed by atoms with Crippen LogP contribution in [0.2, 0.25) is 0 Å². The predicted octanol–water partition coefficient (Wildman–Crippen LogP) is 1.69. The average molecular weight is 230 g/mol. The molecule has 88 valence electrons. The maximum absolute atomic E-state index is 11.6. The molecular formula is C13H14N2O2. The first kappa shape index (κ1) is 12.8. The largest absolute Gasteiger partial charge is 0.497 e. The molecule has 17 heavy (non-hydrogen) atoms. The zero-order valence-electron chi connectivity index (χ0n) is 10.1. The maximum atomic E-state index is 11.6. The van der Waals surface area contributed by atoms with E-state index in [4.69, 9.17) is 10.00 Å². The van der Waals surface area contributed by atoms with Gasteiger partial charge in [-0.05, 0) is 23.8 Å². The Morgan fingerprint density at radius 1 is 1.35 bits per heavy atom. The fraction of sp³-hybridized carbons (Fsp3) is 0.231. The number of ether oxygens (including phenoxy) is 1. The van der Waals surface area contributed by atoms with Gasteiger partial charge >= 0.3 is 0 Å². The number of carbonyl (C=O) groups is 1. The molecule has 0 saturated heterocycles. The predicted molar refractivity (Wildman–Crippen MR) is 65.3 cm³/mol. The third kappa shape index (κ3) is 3.35. The number of nitriles is 1. The van der Waals surface area contributed by atoms with Crippen molar-refractivity contribution in [2.45, 2.75) is 0 Å². The van der Waals surface area contributed by atoms with E-state index in [1.54, 1.807) is 51.5 Å². The van der Waals surface area contributed by atoms with Crippen molar-refractivity contribution >= 4 is 12.0 Å². The quantitative estimate of drug-likeness (QED) is 0.586. The molecule has 1 rings (SSSR count). The Balaban J connectivity index is 2.99. The maximum Gasteiger partial charge on any atom is 0.264 e. The van der Waals surface area contributed by atoms with Crippen molar-refractivity contribution < 1.29 is 9.53 Å². The van der Waals surface area contributed by atoms with E-state index in [0.717, 1.165) is 11.3 Å². The van der Waals surface area contributed by atoms with E-state index in [-0.39, 0.29) is 11.5 Å². The third-order valence-corrected chi connectivity index (χ3v) is 2.18. The molecule has 0 N–H and O–H groups in total. The summed E-state index contributed by atoms with van der Waals surface area (Å²) in [6.45, 7) is 0. The summed E-state index contributed by atoms with van der Waals surface area (Å²) in [6, 6.07) is 9.04. The van der Waals surface area contributed by atoms with Crippen LogP contribution < -0.4 is 4.74 Å². The number of rotatable bonds is 3. The zero-order chi connectivity index (χ0) is 12.8. The summed E-state index contributed by atoms with van der Waals surface area (Å²) < 4.78 is 5.03. The van der Waals surface area contributed by atoms with Crippen LogP contribution in [0.1, 0.15) is 5.56 Å². The van der Waals surface area contributed by atoms with Crippen LogP contribution in [0.25, 0.3) is 6.08 Å². The molecule has 0 atom stereocenters. The molecule has 0 aliphatic heterocycles. The summed E-state index contributed by atoms with van der Waals surface area (Å²) in [6.07, 6.45) is 1.56. The normalized spacial score (nSPS) is 10.6. The summed E-state index contributed by atoms with van der Waals surface area (Å²) in [4.78, 5) is 13.0. The molecule has 1 aromatic carbocycles. The Labute approximate surface area is 101 Å². The van der Waals surface area contributed by atoms with E-state index in [1.807, 2.05) is 6.07 Å². The fourth-order valence-electron chi connectivity index (χ4n) is 1.25. The lowest BCUT2D eigenvalue weighted by Gasteiger charge is -2.08. The topological polar surface area (TPSA) is 53.3 Å². The van der Waals surface area contributed by atoms with Crippen LogP contribution in [0.3, 0.4) is 0 Å². The number of likely N-dealkylation sites (N-methyl/N-ethyl adjacent to an activating group) is 1. The lowest BCUT2D eigenvalue weighted by Crippen LogP contribution is -2.22. The molecule has 0 fully saturated rings. The summed E-state index contributed by atoms with van der Waals surface area (Å²) in [7, 11) is 4.81. The molecule has 0 bridgehead atoms. The highest BCUT2D eigenvalue weighted by Gasteiger charge is 2.10. The van der Waals surface area contributed by atoms with Gasteiger partial charge in [0.25, 0.3) is 5.91 Å². The van der Waals surface area contributed by atoms with Crippen LogP contribution in [0.15, 0.2) is 29.8 Å². The minimum Gasteiger partial charge on any atom is -0.497 e. The van der Waals surface area contributed by atoms with Crippen LogP contribution in [0, 0.1) is 11.3 Å². The minimum absolute atomic E-state index is 0.111. The first-order chi connectivity index (χ1) is 8.08. The van der Waals surface area contributed by atoms with Gasteiger partial charge in [-0.15, -0.1) is 0 Å². The molecule has 0 unspecified atom stereocenters. The van der Waals surface area contributed by atoms with Gasteiger partial charge in [-0.1, -0.05) is 12.1 Å². The van der Waals surface area contributed by atoms with Crippen molar-refractivity contribution in [1.29, 1.82) is 5.26 Å². The highest BCUT2D eigenvalue weighted by Crippen LogP contribution is 2.14.